The first-order valence-electron chi connectivity index (χ1n) is 9.55. The highest BCUT2D eigenvalue weighted by Crippen LogP contribution is 2.39. The molecule has 0 aliphatic heterocycles. The first-order valence-corrected chi connectivity index (χ1v) is 11.0. The normalized spacial score (nSPS) is 11.5. The molecule has 0 saturated heterocycles. The standard InChI is InChI=1S/C22H26N2O5S/c1-7-29-22(25)19-15(4)24(5)17-10-11-18(28-6)21(20(17)19)23-30(26,27)16-9-8-13(2)14(3)12-16/h8-12,23H,7H2,1-6H3. The topological polar surface area (TPSA) is 86.6 Å². The Kier molecular flexibility index (Phi) is 5.81. The van der Waals surface area contributed by atoms with Crippen LogP contribution in [0.25, 0.3) is 10.9 Å². The molecule has 3 rings (SSSR count). The third-order valence-corrected chi connectivity index (χ3v) is 6.69. The smallest absolute Gasteiger partial charge is 0.340 e. The van der Waals surface area contributed by atoms with Crippen LogP contribution in [-0.2, 0) is 21.8 Å². The Balaban J connectivity index is 2.27. The number of carbonyl (C=O) groups excluding carboxylic acids is 1. The van der Waals surface area contributed by atoms with E-state index in [1.807, 2.05) is 25.5 Å². The van der Waals surface area contributed by atoms with Crippen LogP contribution in [-0.4, -0.2) is 32.7 Å². The van der Waals surface area contributed by atoms with Gasteiger partial charge in [-0.2, -0.15) is 0 Å². The third kappa shape index (κ3) is 3.63. The van der Waals surface area contributed by atoms with E-state index in [2.05, 4.69) is 4.72 Å². The second-order valence-electron chi connectivity index (χ2n) is 7.13. The minimum Gasteiger partial charge on any atom is -0.495 e. The monoisotopic (exact) mass is 430 g/mol. The molecule has 0 fully saturated rings. The number of benzene rings is 2. The minimum atomic E-state index is -3.93. The summed E-state index contributed by atoms with van der Waals surface area (Å²) in [6, 6.07) is 8.40. The number of nitrogens with one attached hydrogen (secondary N) is 1. The quantitative estimate of drug-likeness (QED) is 0.595. The van der Waals surface area contributed by atoms with Gasteiger partial charge in [-0.25, -0.2) is 13.2 Å². The highest BCUT2D eigenvalue weighted by molar-refractivity contribution is 7.92. The zero-order chi connectivity index (χ0) is 22.2. The molecule has 0 bridgehead atoms. The van der Waals surface area contributed by atoms with E-state index in [4.69, 9.17) is 9.47 Å². The number of hydrogen-bond acceptors (Lipinski definition) is 5. The van der Waals surface area contributed by atoms with E-state index in [0.717, 1.165) is 11.1 Å². The zero-order valence-electron chi connectivity index (χ0n) is 18.0. The number of fused-ring (bicyclic) bond motifs is 1. The van der Waals surface area contributed by atoms with Gasteiger partial charge in [-0.3, -0.25) is 4.72 Å². The SMILES string of the molecule is CCOC(=O)c1c(C)n(C)c2ccc(OC)c(NS(=O)(=O)c3ccc(C)c(C)c3)c12. The van der Waals surface area contributed by atoms with Gasteiger partial charge < -0.3 is 14.0 Å². The van der Waals surface area contributed by atoms with E-state index >= 15 is 0 Å². The number of aromatic nitrogens is 1. The molecule has 30 heavy (non-hydrogen) atoms. The number of sulfonamides is 1. The third-order valence-electron chi connectivity index (χ3n) is 5.35. The van der Waals surface area contributed by atoms with Crippen molar-refractivity contribution in [2.45, 2.75) is 32.6 Å². The maximum atomic E-state index is 13.2. The van der Waals surface area contributed by atoms with Gasteiger partial charge in [0.2, 0.25) is 0 Å². The highest BCUT2D eigenvalue weighted by Gasteiger charge is 2.27. The van der Waals surface area contributed by atoms with Crippen molar-refractivity contribution in [3.63, 3.8) is 0 Å². The van der Waals surface area contributed by atoms with Crippen LogP contribution in [0.5, 0.6) is 5.75 Å². The van der Waals surface area contributed by atoms with Gasteiger partial charge in [-0.1, -0.05) is 6.07 Å². The molecule has 0 amide bonds. The van der Waals surface area contributed by atoms with E-state index in [0.29, 0.717) is 27.9 Å². The molecule has 0 saturated carbocycles. The number of anilines is 1. The second-order valence-corrected chi connectivity index (χ2v) is 8.81. The summed E-state index contributed by atoms with van der Waals surface area (Å²) in [4.78, 5) is 12.8. The number of hydrogen-bond donors (Lipinski definition) is 1. The first kappa shape index (κ1) is 21.7. The van der Waals surface area contributed by atoms with Crippen molar-refractivity contribution in [3.05, 3.63) is 52.7 Å². The van der Waals surface area contributed by atoms with Crippen LogP contribution in [0.4, 0.5) is 5.69 Å². The number of aryl methyl sites for hydroxylation is 3. The van der Waals surface area contributed by atoms with Crippen molar-refractivity contribution in [3.8, 4) is 5.75 Å². The summed E-state index contributed by atoms with van der Waals surface area (Å²) in [6.45, 7) is 7.50. The molecular formula is C22H26N2O5S. The lowest BCUT2D eigenvalue weighted by Gasteiger charge is -2.15. The second kappa shape index (κ2) is 8.02. The van der Waals surface area contributed by atoms with Crippen LogP contribution in [0.2, 0.25) is 0 Å². The molecule has 3 aromatic rings. The van der Waals surface area contributed by atoms with Crippen molar-refractivity contribution in [1.82, 2.24) is 4.57 Å². The molecule has 7 nitrogen and oxygen atoms in total. The summed E-state index contributed by atoms with van der Waals surface area (Å²) in [5.74, 6) is -0.202. The lowest BCUT2D eigenvalue weighted by molar-refractivity contribution is 0.0527. The largest absolute Gasteiger partial charge is 0.495 e. The molecular weight excluding hydrogens is 404 g/mol. The van der Waals surface area contributed by atoms with E-state index in [1.165, 1.54) is 7.11 Å². The summed E-state index contributed by atoms with van der Waals surface area (Å²) in [5, 5.41) is 0.445. The van der Waals surface area contributed by atoms with Crippen LogP contribution < -0.4 is 9.46 Å². The van der Waals surface area contributed by atoms with E-state index in [-0.39, 0.29) is 17.2 Å². The van der Waals surface area contributed by atoms with Gasteiger partial charge in [-0.15, -0.1) is 0 Å². The van der Waals surface area contributed by atoms with Gasteiger partial charge in [0.15, 0.2) is 0 Å². The van der Waals surface area contributed by atoms with Crippen LogP contribution in [0, 0.1) is 20.8 Å². The molecule has 2 aromatic carbocycles. The van der Waals surface area contributed by atoms with Crippen molar-refractivity contribution < 1.29 is 22.7 Å². The predicted molar refractivity (Wildman–Crippen MR) is 117 cm³/mol. The molecule has 0 atom stereocenters. The van der Waals surface area contributed by atoms with Crippen molar-refractivity contribution in [2.75, 3.05) is 18.4 Å². The number of nitrogens with zero attached hydrogens (tertiary/aromatic N) is 1. The Morgan fingerprint density at radius 2 is 1.80 bits per heavy atom. The van der Waals surface area contributed by atoms with E-state index in [1.54, 1.807) is 44.2 Å². The molecule has 1 aromatic heterocycles. The molecule has 8 heteroatoms. The lowest BCUT2D eigenvalue weighted by atomic mass is 10.1. The van der Waals surface area contributed by atoms with Gasteiger partial charge >= 0.3 is 5.97 Å². The molecule has 160 valence electrons. The van der Waals surface area contributed by atoms with Gasteiger partial charge in [0.1, 0.15) is 11.4 Å². The number of carbonyl (C=O) groups is 1. The summed E-state index contributed by atoms with van der Waals surface area (Å²) in [7, 11) is -0.659. The first-order chi connectivity index (χ1) is 14.1. The number of rotatable bonds is 6. The zero-order valence-corrected chi connectivity index (χ0v) is 18.8. The summed E-state index contributed by atoms with van der Waals surface area (Å²) in [5.41, 5.74) is 3.74. The Morgan fingerprint density at radius 3 is 2.40 bits per heavy atom. The fourth-order valence-corrected chi connectivity index (χ4v) is 4.60. The summed E-state index contributed by atoms with van der Waals surface area (Å²) >= 11 is 0. The number of ether oxygens (including phenoxy) is 2. The molecule has 0 unspecified atom stereocenters. The van der Waals surface area contributed by atoms with Crippen LogP contribution in [0.15, 0.2) is 35.2 Å². The summed E-state index contributed by atoms with van der Waals surface area (Å²) in [6.07, 6.45) is 0. The van der Waals surface area contributed by atoms with Crippen LogP contribution >= 0.6 is 0 Å². The highest BCUT2D eigenvalue weighted by atomic mass is 32.2. The van der Waals surface area contributed by atoms with E-state index < -0.39 is 16.0 Å². The average molecular weight is 431 g/mol. The Labute approximate surface area is 176 Å². The van der Waals surface area contributed by atoms with Crippen LogP contribution in [0.1, 0.15) is 34.1 Å². The van der Waals surface area contributed by atoms with Crippen molar-refractivity contribution in [2.24, 2.45) is 7.05 Å². The van der Waals surface area contributed by atoms with Gasteiger partial charge in [0, 0.05) is 18.1 Å². The Bertz CT molecular complexity index is 1240. The van der Waals surface area contributed by atoms with Crippen molar-refractivity contribution >= 4 is 32.6 Å². The molecule has 1 heterocycles. The molecule has 1 N–H and O–H groups in total. The van der Waals surface area contributed by atoms with Gasteiger partial charge in [0.25, 0.3) is 10.0 Å². The lowest BCUT2D eigenvalue weighted by Crippen LogP contribution is -2.15. The maximum absolute atomic E-state index is 13.2. The van der Waals surface area contributed by atoms with Crippen molar-refractivity contribution in [1.29, 1.82) is 0 Å². The maximum Gasteiger partial charge on any atom is 0.340 e. The fraction of sp³-hybridized carbons (Fsp3) is 0.318. The number of methoxy groups -OCH3 is 1. The van der Waals surface area contributed by atoms with Crippen LogP contribution in [0.3, 0.4) is 0 Å². The number of esters is 1. The fourth-order valence-electron chi connectivity index (χ4n) is 3.43. The molecule has 0 aliphatic rings. The average Bonchev–Trinajstić information content (AvgIpc) is 2.95. The van der Waals surface area contributed by atoms with Gasteiger partial charge in [0.05, 0.1) is 29.7 Å². The minimum absolute atomic E-state index is 0.134. The Hall–Kier alpha value is -3.00. The summed E-state index contributed by atoms with van der Waals surface area (Å²) < 4.78 is 41.5. The van der Waals surface area contributed by atoms with E-state index in [9.17, 15) is 13.2 Å². The van der Waals surface area contributed by atoms with Gasteiger partial charge in [-0.05, 0) is 63.1 Å². The predicted octanol–water partition coefficient (Wildman–Crippen LogP) is 4.09. The Morgan fingerprint density at radius 1 is 1.10 bits per heavy atom. The molecule has 0 radical (unpaired) electrons. The molecule has 0 aliphatic carbocycles. The molecule has 0 spiro atoms.